The molecule has 2 aromatic rings. The molecule has 6 nitrogen and oxygen atoms in total. The molecule has 6 heteroatoms. The molecule has 160 valence electrons. The van der Waals surface area contributed by atoms with Crippen molar-refractivity contribution in [3.05, 3.63) is 35.7 Å². The highest BCUT2D eigenvalue weighted by atomic mass is 16.2. The lowest BCUT2D eigenvalue weighted by Crippen LogP contribution is -2.43. The number of carbonyl (C=O) groups is 2. The average Bonchev–Trinajstić information content (AvgIpc) is 3.16. The number of carbonyl (C=O) groups excluding carboxylic acids is 2. The maximum atomic E-state index is 13.1. The Hall–Kier alpha value is -2.37. The quantitative estimate of drug-likeness (QED) is 0.778. The minimum Gasteiger partial charge on any atom is -0.342 e. The van der Waals surface area contributed by atoms with E-state index >= 15 is 0 Å². The molecule has 3 aliphatic rings. The Labute approximate surface area is 178 Å². The van der Waals surface area contributed by atoms with Gasteiger partial charge in [-0.05, 0) is 68.1 Å². The maximum Gasteiger partial charge on any atom is 0.257 e. The molecule has 2 aliphatic heterocycles. The smallest absolute Gasteiger partial charge is 0.257 e. The molecule has 0 aromatic carbocycles. The van der Waals surface area contributed by atoms with Crippen molar-refractivity contribution in [1.82, 2.24) is 19.4 Å². The number of pyridine rings is 1. The normalized spacial score (nSPS) is 21.8. The summed E-state index contributed by atoms with van der Waals surface area (Å²) in [5, 5.41) is 4.42. The van der Waals surface area contributed by atoms with Crippen molar-refractivity contribution in [3.63, 3.8) is 0 Å². The third-order valence-corrected chi connectivity index (χ3v) is 7.58. The van der Waals surface area contributed by atoms with Gasteiger partial charge in [0.25, 0.3) is 5.91 Å². The van der Waals surface area contributed by atoms with Crippen molar-refractivity contribution >= 4 is 17.3 Å². The molecule has 0 atom stereocenters. The van der Waals surface area contributed by atoms with Gasteiger partial charge in [0, 0.05) is 38.3 Å². The fraction of sp³-hybridized carbons (Fsp3) is 0.625. The van der Waals surface area contributed by atoms with Crippen LogP contribution in [0.15, 0.2) is 24.5 Å². The van der Waals surface area contributed by atoms with Gasteiger partial charge in [-0.25, -0.2) is 4.52 Å². The summed E-state index contributed by atoms with van der Waals surface area (Å²) < 4.78 is 1.82. The Morgan fingerprint density at radius 2 is 1.67 bits per heavy atom. The van der Waals surface area contributed by atoms with Gasteiger partial charge in [-0.3, -0.25) is 9.59 Å². The standard InChI is InChI=1S/C24H32N4O2/c1-17-5-10-27(11-6-17)24(30)21-16-25-28-14-9-20(15-22(21)28)18-7-12-26(13-8-18)23(29)19-3-2-4-19/h9,14-19H,2-8,10-13H2,1H3. The highest BCUT2D eigenvalue weighted by molar-refractivity contribution is 6.00. The Bertz CT molecular complexity index is 932. The van der Waals surface area contributed by atoms with E-state index in [9.17, 15) is 9.59 Å². The molecule has 5 rings (SSSR count). The zero-order valence-electron chi connectivity index (χ0n) is 17.9. The fourth-order valence-electron chi connectivity index (χ4n) is 5.14. The molecule has 2 saturated heterocycles. The SMILES string of the molecule is CC1CCN(C(=O)c2cnn3ccc(C4CCN(C(=O)C5CCC5)CC4)cc23)CC1. The van der Waals surface area contributed by atoms with Crippen LogP contribution in [0.25, 0.3) is 5.52 Å². The highest BCUT2D eigenvalue weighted by Gasteiger charge is 2.32. The maximum absolute atomic E-state index is 13.1. The van der Waals surface area contributed by atoms with Crippen LogP contribution in [0.2, 0.25) is 0 Å². The van der Waals surface area contributed by atoms with Gasteiger partial charge < -0.3 is 9.80 Å². The van der Waals surface area contributed by atoms with Crippen LogP contribution in [0.1, 0.15) is 73.7 Å². The van der Waals surface area contributed by atoms with Gasteiger partial charge in [0.15, 0.2) is 0 Å². The molecular weight excluding hydrogens is 376 g/mol. The fourth-order valence-corrected chi connectivity index (χ4v) is 5.14. The Morgan fingerprint density at radius 1 is 0.967 bits per heavy atom. The summed E-state index contributed by atoms with van der Waals surface area (Å²) in [4.78, 5) is 29.7. The van der Waals surface area contributed by atoms with Gasteiger partial charge in [-0.1, -0.05) is 13.3 Å². The summed E-state index contributed by atoms with van der Waals surface area (Å²) in [6.45, 7) is 5.63. The van der Waals surface area contributed by atoms with E-state index in [0.717, 1.165) is 70.2 Å². The third kappa shape index (κ3) is 3.61. The molecule has 2 amide bonds. The van der Waals surface area contributed by atoms with E-state index in [4.69, 9.17) is 0 Å². The van der Waals surface area contributed by atoms with Crippen LogP contribution in [0.3, 0.4) is 0 Å². The van der Waals surface area contributed by atoms with Gasteiger partial charge in [0.1, 0.15) is 0 Å². The van der Waals surface area contributed by atoms with Gasteiger partial charge in [0.05, 0.1) is 17.3 Å². The van der Waals surface area contributed by atoms with E-state index in [1.54, 1.807) is 6.20 Å². The van der Waals surface area contributed by atoms with Crippen molar-refractivity contribution in [2.45, 2.75) is 57.8 Å². The largest absolute Gasteiger partial charge is 0.342 e. The second kappa shape index (κ2) is 8.05. The van der Waals surface area contributed by atoms with Crippen molar-refractivity contribution in [3.8, 4) is 0 Å². The summed E-state index contributed by atoms with van der Waals surface area (Å²) in [5.74, 6) is 1.90. The predicted octanol–water partition coefficient (Wildman–Crippen LogP) is 3.71. The molecule has 0 unspecified atom stereocenters. The van der Waals surface area contributed by atoms with Crippen LogP contribution in [-0.4, -0.2) is 57.4 Å². The van der Waals surface area contributed by atoms with Gasteiger partial charge >= 0.3 is 0 Å². The first-order valence-corrected chi connectivity index (χ1v) is 11.7. The predicted molar refractivity (Wildman–Crippen MR) is 115 cm³/mol. The number of fused-ring (bicyclic) bond motifs is 1. The van der Waals surface area contributed by atoms with Crippen LogP contribution in [0.5, 0.6) is 0 Å². The van der Waals surface area contributed by atoms with Gasteiger partial charge in [-0.15, -0.1) is 0 Å². The topological polar surface area (TPSA) is 57.9 Å². The lowest BCUT2D eigenvalue weighted by Gasteiger charge is -2.36. The minimum absolute atomic E-state index is 0.106. The first kappa shape index (κ1) is 19.6. The van der Waals surface area contributed by atoms with E-state index in [1.807, 2.05) is 15.6 Å². The number of piperidine rings is 2. The summed E-state index contributed by atoms with van der Waals surface area (Å²) >= 11 is 0. The number of hydrogen-bond acceptors (Lipinski definition) is 3. The van der Waals surface area contributed by atoms with E-state index < -0.39 is 0 Å². The molecule has 0 N–H and O–H groups in total. The first-order valence-electron chi connectivity index (χ1n) is 11.7. The van der Waals surface area contributed by atoms with E-state index in [-0.39, 0.29) is 11.8 Å². The second-order valence-electron chi connectivity index (χ2n) is 9.55. The lowest BCUT2D eigenvalue weighted by atomic mass is 9.83. The first-order chi connectivity index (χ1) is 14.6. The molecule has 30 heavy (non-hydrogen) atoms. The number of aromatic nitrogens is 2. The number of rotatable bonds is 3. The molecular formula is C24H32N4O2. The zero-order valence-corrected chi connectivity index (χ0v) is 17.9. The van der Waals surface area contributed by atoms with Crippen LogP contribution in [0, 0.1) is 11.8 Å². The number of amides is 2. The van der Waals surface area contributed by atoms with Gasteiger partial charge in [0.2, 0.25) is 5.91 Å². The Morgan fingerprint density at radius 3 is 2.33 bits per heavy atom. The van der Waals surface area contributed by atoms with E-state index in [2.05, 4.69) is 29.1 Å². The Balaban J connectivity index is 1.30. The lowest BCUT2D eigenvalue weighted by molar-refractivity contribution is -0.139. The molecule has 0 spiro atoms. The van der Waals surface area contributed by atoms with Crippen molar-refractivity contribution in [1.29, 1.82) is 0 Å². The summed E-state index contributed by atoms with van der Waals surface area (Å²) in [6, 6.07) is 4.28. The van der Waals surface area contributed by atoms with Crippen molar-refractivity contribution in [2.24, 2.45) is 11.8 Å². The number of nitrogens with zero attached hydrogens (tertiary/aromatic N) is 4. The van der Waals surface area contributed by atoms with Crippen LogP contribution >= 0.6 is 0 Å². The van der Waals surface area contributed by atoms with Crippen LogP contribution < -0.4 is 0 Å². The zero-order chi connectivity index (χ0) is 20.7. The summed E-state index contributed by atoms with van der Waals surface area (Å²) in [6.07, 6.45) is 11.2. The van der Waals surface area contributed by atoms with E-state index in [0.29, 0.717) is 23.3 Å². The van der Waals surface area contributed by atoms with Crippen molar-refractivity contribution in [2.75, 3.05) is 26.2 Å². The molecule has 3 fully saturated rings. The van der Waals surface area contributed by atoms with Crippen molar-refractivity contribution < 1.29 is 9.59 Å². The molecule has 1 aliphatic carbocycles. The molecule has 1 saturated carbocycles. The molecule has 2 aromatic heterocycles. The summed E-state index contributed by atoms with van der Waals surface area (Å²) in [7, 11) is 0. The molecule has 4 heterocycles. The number of likely N-dealkylation sites (tertiary alicyclic amines) is 2. The second-order valence-corrected chi connectivity index (χ2v) is 9.55. The average molecular weight is 409 g/mol. The summed E-state index contributed by atoms with van der Waals surface area (Å²) in [5.41, 5.74) is 2.88. The van der Waals surface area contributed by atoms with Crippen LogP contribution in [-0.2, 0) is 4.79 Å². The number of hydrogen-bond donors (Lipinski definition) is 0. The minimum atomic E-state index is 0.106. The monoisotopic (exact) mass is 408 g/mol. The van der Waals surface area contributed by atoms with Gasteiger partial charge in [-0.2, -0.15) is 5.10 Å². The van der Waals surface area contributed by atoms with Crippen LogP contribution in [0.4, 0.5) is 0 Å². The highest BCUT2D eigenvalue weighted by Crippen LogP contribution is 2.33. The Kier molecular flexibility index (Phi) is 5.25. The molecule has 0 radical (unpaired) electrons. The van der Waals surface area contributed by atoms with E-state index in [1.165, 1.54) is 12.0 Å². The third-order valence-electron chi connectivity index (χ3n) is 7.58. The molecule has 0 bridgehead atoms.